The topological polar surface area (TPSA) is 12.5 Å². The van der Waals surface area contributed by atoms with Gasteiger partial charge in [0.25, 0.3) is 0 Å². The van der Waals surface area contributed by atoms with Crippen LogP contribution < -0.4 is 4.90 Å². The minimum atomic E-state index is 0.478. The van der Waals surface area contributed by atoms with Crippen LogP contribution in [0.3, 0.4) is 0 Å². The maximum absolute atomic E-state index is 6.29. The third-order valence-corrected chi connectivity index (χ3v) is 3.31. The second-order valence-corrected chi connectivity index (χ2v) is 4.87. The maximum Gasteiger partial charge on any atom is 0.0642 e. The summed E-state index contributed by atoms with van der Waals surface area (Å²) in [5, 5.41) is 0.874. The first-order valence-corrected chi connectivity index (χ1v) is 6.18. The van der Waals surface area contributed by atoms with Crippen LogP contribution in [0, 0.1) is 0 Å². The molecule has 0 unspecified atom stereocenters. The quantitative estimate of drug-likeness (QED) is 0.785. The van der Waals surface area contributed by atoms with Gasteiger partial charge < -0.3 is 9.64 Å². The van der Waals surface area contributed by atoms with Crippen LogP contribution in [0.25, 0.3) is 0 Å². The predicted octanol–water partition coefficient (Wildman–Crippen LogP) is 3.30. The molecular weight excluding hydrogens is 222 g/mol. The summed E-state index contributed by atoms with van der Waals surface area (Å²) >= 11 is 6.29. The van der Waals surface area contributed by atoms with E-state index in [1.165, 1.54) is 11.3 Å². The van der Waals surface area contributed by atoms with Crippen molar-refractivity contribution in [1.82, 2.24) is 0 Å². The third kappa shape index (κ3) is 2.50. The van der Waals surface area contributed by atoms with Gasteiger partial charge in [-0.25, -0.2) is 0 Å². The van der Waals surface area contributed by atoms with Gasteiger partial charge in [-0.1, -0.05) is 31.5 Å². The lowest BCUT2D eigenvalue weighted by atomic mass is 10.0. The molecule has 0 bridgehead atoms. The van der Waals surface area contributed by atoms with Crippen LogP contribution >= 0.6 is 11.6 Å². The lowest BCUT2D eigenvalue weighted by molar-refractivity contribution is 0.122. The number of hydrogen-bond donors (Lipinski definition) is 0. The fraction of sp³-hybridized carbons (Fsp3) is 0.538. The first-order chi connectivity index (χ1) is 7.68. The SMILES string of the molecule is CC(C)c1ccc(N2CCOCC2)cc1Cl. The van der Waals surface area contributed by atoms with Crippen molar-refractivity contribution in [3.63, 3.8) is 0 Å². The van der Waals surface area contributed by atoms with E-state index in [0.29, 0.717) is 5.92 Å². The van der Waals surface area contributed by atoms with E-state index in [1.807, 2.05) is 0 Å². The van der Waals surface area contributed by atoms with E-state index in [-0.39, 0.29) is 0 Å². The summed E-state index contributed by atoms with van der Waals surface area (Å²) in [6.07, 6.45) is 0. The fourth-order valence-corrected chi connectivity index (χ4v) is 2.40. The highest BCUT2D eigenvalue weighted by Crippen LogP contribution is 2.28. The highest BCUT2D eigenvalue weighted by molar-refractivity contribution is 6.31. The van der Waals surface area contributed by atoms with Crippen molar-refractivity contribution in [3.8, 4) is 0 Å². The van der Waals surface area contributed by atoms with Gasteiger partial charge in [0.05, 0.1) is 13.2 Å². The molecule has 1 saturated heterocycles. The minimum absolute atomic E-state index is 0.478. The zero-order chi connectivity index (χ0) is 11.5. The molecule has 0 atom stereocenters. The minimum Gasteiger partial charge on any atom is -0.378 e. The molecular formula is C13H18ClNO. The predicted molar refractivity (Wildman–Crippen MR) is 68.6 cm³/mol. The Morgan fingerprint density at radius 1 is 1.25 bits per heavy atom. The van der Waals surface area contributed by atoms with Crippen LogP contribution in [0.2, 0.25) is 5.02 Å². The van der Waals surface area contributed by atoms with E-state index in [4.69, 9.17) is 16.3 Å². The Morgan fingerprint density at radius 2 is 1.94 bits per heavy atom. The van der Waals surface area contributed by atoms with Gasteiger partial charge in [0.15, 0.2) is 0 Å². The molecule has 1 aromatic carbocycles. The van der Waals surface area contributed by atoms with Gasteiger partial charge in [-0.05, 0) is 23.6 Å². The summed E-state index contributed by atoms with van der Waals surface area (Å²) in [7, 11) is 0. The van der Waals surface area contributed by atoms with E-state index < -0.39 is 0 Å². The van der Waals surface area contributed by atoms with Crippen LogP contribution in [0.4, 0.5) is 5.69 Å². The maximum atomic E-state index is 6.29. The Morgan fingerprint density at radius 3 is 2.50 bits per heavy atom. The molecule has 1 fully saturated rings. The summed E-state index contributed by atoms with van der Waals surface area (Å²) in [6, 6.07) is 6.37. The molecule has 3 heteroatoms. The summed E-state index contributed by atoms with van der Waals surface area (Å²) in [5.74, 6) is 0.478. The van der Waals surface area contributed by atoms with Crippen molar-refractivity contribution in [2.24, 2.45) is 0 Å². The number of morpholine rings is 1. The normalized spacial score (nSPS) is 16.9. The van der Waals surface area contributed by atoms with Gasteiger partial charge in [-0.2, -0.15) is 0 Å². The molecule has 0 aromatic heterocycles. The van der Waals surface area contributed by atoms with Gasteiger partial charge in [0.1, 0.15) is 0 Å². The van der Waals surface area contributed by atoms with Crippen LogP contribution in [0.15, 0.2) is 18.2 Å². The highest BCUT2D eigenvalue weighted by atomic mass is 35.5. The molecule has 0 aliphatic carbocycles. The first kappa shape index (κ1) is 11.7. The van der Waals surface area contributed by atoms with E-state index in [0.717, 1.165) is 31.3 Å². The first-order valence-electron chi connectivity index (χ1n) is 5.80. The fourth-order valence-electron chi connectivity index (χ4n) is 2.00. The van der Waals surface area contributed by atoms with Crippen molar-refractivity contribution in [2.75, 3.05) is 31.2 Å². The number of halogens is 1. The van der Waals surface area contributed by atoms with Gasteiger partial charge in [-0.15, -0.1) is 0 Å². The standard InChI is InChI=1S/C13H18ClNO/c1-10(2)12-4-3-11(9-13(12)14)15-5-7-16-8-6-15/h3-4,9-10H,5-8H2,1-2H3. The molecule has 2 rings (SSSR count). The van der Waals surface area contributed by atoms with Crippen LogP contribution in [0.1, 0.15) is 25.3 Å². The molecule has 1 aromatic rings. The molecule has 0 amide bonds. The molecule has 88 valence electrons. The molecule has 1 heterocycles. The van der Waals surface area contributed by atoms with E-state index in [2.05, 4.69) is 36.9 Å². The van der Waals surface area contributed by atoms with Crippen molar-refractivity contribution >= 4 is 17.3 Å². The second kappa shape index (κ2) is 5.07. The summed E-state index contributed by atoms with van der Waals surface area (Å²) < 4.78 is 5.34. The van der Waals surface area contributed by atoms with Gasteiger partial charge >= 0.3 is 0 Å². The number of ether oxygens (including phenoxy) is 1. The average Bonchev–Trinajstić information content (AvgIpc) is 2.29. The Labute approximate surface area is 102 Å². The number of hydrogen-bond acceptors (Lipinski definition) is 2. The largest absolute Gasteiger partial charge is 0.378 e. The van der Waals surface area contributed by atoms with Gasteiger partial charge in [-0.3, -0.25) is 0 Å². The molecule has 0 N–H and O–H groups in total. The molecule has 0 radical (unpaired) electrons. The number of anilines is 1. The molecule has 16 heavy (non-hydrogen) atoms. The third-order valence-electron chi connectivity index (χ3n) is 2.98. The molecule has 0 spiro atoms. The molecule has 0 saturated carbocycles. The Bertz CT molecular complexity index is 359. The number of rotatable bonds is 2. The van der Waals surface area contributed by atoms with Gasteiger partial charge in [0.2, 0.25) is 0 Å². The second-order valence-electron chi connectivity index (χ2n) is 4.46. The van der Waals surface area contributed by atoms with Crippen molar-refractivity contribution in [1.29, 1.82) is 0 Å². The van der Waals surface area contributed by atoms with Gasteiger partial charge in [0, 0.05) is 23.8 Å². The summed E-state index contributed by atoms with van der Waals surface area (Å²) in [4.78, 5) is 2.32. The van der Waals surface area contributed by atoms with Crippen molar-refractivity contribution < 1.29 is 4.74 Å². The number of nitrogens with zero attached hydrogens (tertiary/aromatic N) is 1. The smallest absolute Gasteiger partial charge is 0.0642 e. The van der Waals surface area contributed by atoms with E-state index in [1.54, 1.807) is 0 Å². The molecule has 1 aliphatic rings. The van der Waals surface area contributed by atoms with Crippen molar-refractivity contribution in [3.05, 3.63) is 28.8 Å². The van der Waals surface area contributed by atoms with Crippen LogP contribution in [0.5, 0.6) is 0 Å². The summed E-state index contributed by atoms with van der Waals surface area (Å²) in [6.45, 7) is 7.85. The Balaban J connectivity index is 2.19. The Kier molecular flexibility index (Phi) is 3.72. The lowest BCUT2D eigenvalue weighted by Crippen LogP contribution is -2.36. The Hall–Kier alpha value is -0.730. The zero-order valence-corrected chi connectivity index (χ0v) is 10.6. The van der Waals surface area contributed by atoms with Crippen LogP contribution in [-0.2, 0) is 4.74 Å². The van der Waals surface area contributed by atoms with E-state index >= 15 is 0 Å². The van der Waals surface area contributed by atoms with E-state index in [9.17, 15) is 0 Å². The lowest BCUT2D eigenvalue weighted by Gasteiger charge is -2.29. The molecule has 1 aliphatic heterocycles. The molecule has 2 nitrogen and oxygen atoms in total. The summed E-state index contributed by atoms with van der Waals surface area (Å²) in [5.41, 5.74) is 2.43. The zero-order valence-electron chi connectivity index (χ0n) is 9.87. The number of benzene rings is 1. The highest BCUT2D eigenvalue weighted by Gasteiger charge is 2.13. The van der Waals surface area contributed by atoms with Crippen LogP contribution in [-0.4, -0.2) is 26.3 Å². The monoisotopic (exact) mass is 239 g/mol. The average molecular weight is 240 g/mol. The van der Waals surface area contributed by atoms with Crippen molar-refractivity contribution in [2.45, 2.75) is 19.8 Å².